The summed E-state index contributed by atoms with van der Waals surface area (Å²) in [7, 11) is 0. The molecule has 2 N–H and O–H groups in total. The average Bonchev–Trinajstić information content (AvgIpc) is 3.23. The maximum Gasteiger partial charge on any atom is 0.263 e. The second-order valence-corrected chi connectivity index (χ2v) is 6.83. The summed E-state index contributed by atoms with van der Waals surface area (Å²) in [5.74, 6) is 0.671. The Hall–Kier alpha value is -1.96. The zero-order valence-corrected chi connectivity index (χ0v) is 14.2. The molecule has 1 fully saturated rings. The molecule has 1 amide bonds. The van der Waals surface area contributed by atoms with Crippen LogP contribution in [-0.2, 0) is 6.61 Å². The highest BCUT2D eigenvalue weighted by atomic mass is 32.1. The average molecular weight is 347 g/mol. The van der Waals surface area contributed by atoms with Crippen molar-refractivity contribution >= 4 is 17.2 Å². The van der Waals surface area contributed by atoms with Crippen molar-refractivity contribution in [2.75, 3.05) is 26.2 Å². The lowest BCUT2D eigenvalue weighted by Gasteiger charge is -2.14. The fraction of sp³-hybridized carbons (Fsp3) is 0.412. The second kappa shape index (κ2) is 8.23. The van der Waals surface area contributed by atoms with Gasteiger partial charge in [-0.15, -0.1) is 11.3 Å². The summed E-state index contributed by atoms with van der Waals surface area (Å²) < 4.78 is 5.63. The summed E-state index contributed by atoms with van der Waals surface area (Å²) in [6.07, 6.45) is 2.17. The van der Waals surface area contributed by atoms with E-state index in [0.29, 0.717) is 24.6 Å². The van der Waals surface area contributed by atoms with E-state index in [4.69, 9.17) is 4.74 Å². The normalized spacial score (nSPS) is 17.8. The van der Waals surface area contributed by atoms with Crippen LogP contribution in [0, 0.1) is 0 Å². The Morgan fingerprint density at radius 2 is 2.25 bits per heavy atom. The number of amides is 1. The Bertz CT molecular complexity index is 662. The molecule has 0 bridgehead atoms. The molecule has 3 rings (SSSR count). The molecule has 0 spiro atoms. The first-order valence-corrected chi connectivity index (χ1v) is 8.83. The predicted octanol–water partition coefficient (Wildman–Crippen LogP) is 1.52. The summed E-state index contributed by atoms with van der Waals surface area (Å²) >= 11 is 1.34. The van der Waals surface area contributed by atoms with Gasteiger partial charge in [-0.3, -0.25) is 9.69 Å². The molecule has 128 valence electrons. The van der Waals surface area contributed by atoms with Crippen LogP contribution in [0.1, 0.15) is 21.1 Å². The smallest absolute Gasteiger partial charge is 0.263 e. The summed E-state index contributed by atoms with van der Waals surface area (Å²) in [4.78, 5) is 19.1. The van der Waals surface area contributed by atoms with Gasteiger partial charge in [-0.1, -0.05) is 18.2 Å². The third-order valence-corrected chi connectivity index (χ3v) is 4.81. The van der Waals surface area contributed by atoms with Gasteiger partial charge in [-0.2, -0.15) is 0 Å². The quantitative estimate of drug-likeness (QED) is 0.794. The fourth-order valence-corrected chi connectivity index (χ4v) is 3.32. The lowest BCUT2D eigenvalue weighted by atomic mass is 10.3. The van der Waals surface area contributed by atoms with E-state index in [0.717, 1.165) is 30.3 Å². The number of hydrogen-bond donors (Lipinski definition) is 2. The summed E-state index contributed by atoms with van der Waals surface area (Å²) in [5.41, 5.74) is 0. The molecule has 2 aromatic rings. The van der Waals surface area contributed by atoms with Crippen molar-refractivity contribution in [2.24, 2.45) is 0 Å². The number of rotatable bonds is 7. The van der Waals surface area contributed by atoms with Crippen LogP contribution in [0.25, 0.3) is 0 Å². The number of carbonyl (C=O) groups excluding carboxylic acids is 1. The van der Waals surface area contributed by atoms with E-state index in [2.05, 4.69) is 15.2 Å². The number of benzene rings is 1. The number of aliphatic hydroxyl groups is 1. The first kappa shape index (κ1) is 16.9. The lowest BCUT2D eigenvalue weighted by molar-refractivity contribution is 0.0953. The molecule has 7 heteroatoms. The third-order valence-electron chi connectivity index (χ3n) is 3.84. The van der Waals surface area contributed by atoms with Gasteiger partial charge in [0, 0.05) is 26.2 Å². The molecule has 0 radical (unpaired) electrons. The minimum Gasteiger partial charge on any atom is -0.486 e. The molecule has 0 saturated carbocycles. The number of nitrogens with zero attached hydrogens (tertiary/aromatic N) is 2. The lowest BCUT2D eigenvalue weighted by Crippen LogP contribution is -2.34. The zero-order valence-electron chi connectivity index (χ0n) is 13.4. The molecule has 1 aromatic carbocycles. The van der Waals surface area contributed by atoms with Crippen molar-refractivity contribution in [3.8, 4) is 5.75 Å². The van der Waals surface area contributed by atoms with E-state index in [1.54, 1.807) is 6.20 Å². The van der Waals surface area contributed by atoms with E-state index in [-0.39, 0.29) is 12.0 Å². The highest BCUT2D eigenvalue weighted by molar-refractivity contribution is 7.13. The number of hydrogen-bond acceptors (Lipinski definition) is 6. The maximum absolute atomic E-state index is 12.1. The Morgan fingerprint density at radius 3 is 3.00 bits per heavy atom. The molecule has 1 aromatic heterocycles. The second-order valence-electron chi connectivity index (χ2n) is 5.72. The molecule has 1 atom stereocenters. The Morgan fingerprint density at radius 1 is 1.42 bits per heavy atom. The van der Waals surface area contributed by atoms with Crippen LogP contribution in [0.4, 0.5) is 0 Å². The molecular weight excluding hydrogens is 326 g/mol. The van der Waals surface area contributed by atoms with Crippen molar-refractivity contribution in [3.63, 3.8) is 0 Å². The van der Waals surface area contributed by atoms with Crippen LogP contribution in [0.5, 0.6) is 5.75 Å². The molecule has 6 nitrogen and oxygen atoms in total. The van der Waals surface area contributed by atoms with Crippen LogP contribution in [0.15, 0.2) is 36.5 Å². The van der Waals surface area contributed by atoms with Crippen molar-refractivity contribution in [3.05, 3.63) is 46.4 Å². The van der Waals surface area contributed by atoms with E-state index in [1.165, 1.54) is 11.3 Å². The number of aliphatic hydroxyl groups excluding tert-OH is 1. The number of para-hydroxylation sites is 1. The Kier molecular flexibility index (Phi) is 5.79. The first-order valence-electron chi connectivity index (χ1n) is 8.02. The van der Waals surface area contributed by atoms with E-state index < -0.39 is 0 Å². The molecule has 2 heterocycles. The summed E-state index contributed by atoms with van der Waals surface area (Å²) in [6, 6.07) is 9.53. The molecule has 0 unspecified atom stereocenters. The fourth-order valence-electron chi connectivity index (χ4n) is 2.57. The molecule has 1 aliphatic heterocycles. The number of ether oxygens (including phenoxy) is 1. The van der Waals surface area contributed by atoms with Crippen molar-refractivity contribution in [1.82, 2.24) is 15.2 Å². The molecular formula is C17H21N3O3S. The van der Waals surface area contributed by atoms with Gasteiger partial charge in [0.1, 0.15) is 22.2 Å². The number of likely N-dealkylation sites (tertiary alicyclic amines) is 1. The van der Waals surface area contributed by atoms with Gasteiger partial charge in [0.2, 0.25) is 0 Å². The van der Waals surface area contributed by atoms with Crippen LogP contribution in [-0.4, -0.2) is 53.2 Å². The van der Waals surface area contributed by atoms with Gasteiger partial charge in [0.05, 0.1) is 12.3 Å². The van der Waals surface area contributed by atoms with Crippen LogP contribution in [0.3, 0.4) is 0 Å². The largest absolute Gasteiger partial charge is 0.486 e. The first-order chi connectivity index (χ1) is 11.7. The number of nitrogens with one attached hydrogen (secondary N) is 1. The van der Waals surface area contributed by atoms with Crippen molar-refractivity contribution in [2.45, 2.75) is 19.1 Å². The van der Waals surface area contributed by atoms with Gasteiger partial charge < -0.3 is 15.2 Å². The number of thiazole rings is 1. The SMILES string of the molecule is O=C(NCCN1CC[C@H](O)C1)c1cnc(COc2ccccc2)s1. The van der Waals surface area contributed by atoms with E-state index in [1.807, 2.05) is 30.3 Å². The minimum absolute atomic E-state index is 0.113. The van der Waals surface area contributed by atoms with Crippen LogP contribution >= 0.6 is 11.3 Å². The van der Waals surface area contributed by atoms with Crippen LogP contribution < -0.4 is 10.1 Å². The zero-order chi connectivity index (χ0) is 16.8. The van der Waals surface area contributed by atoms with Gasteiger partial charge >= 0.3 is 0 Å². The summed E-state index contributed by atoms with van der Waals surface area (Å²) in [5, 5.41) is 13.1. The van der Waals surface area contributed by atoms with Gasteiger partial charge in [0.25, 0.3) is 5.91 Å². The van der Waals surface area contributed by atoms with Gasteiger partial charge in [-0.05, 0) is 18.6 Å². The van der Waals surface area contributed by atoms with Gasteiger partial charge in [0.15, 0.2) is 0 Å². The highest BCUT2D eigenvalue weighted by Gasteiger charge is 2.19. The van der Waals surface area contributed by atoms with Crippen molar-refractivity contribution < 1.29 is 14.6 Å². The molecule has 24 heavy (non-hydrogen) atoms. The molecule has 0 aliphatic carbocycles. The predicted molar refractivity (Wildman–Crippen MR) is 92.3 cm³/mol. The Labute approximate surface area is 145 Å². The standard InChI is InChI=1S/C17H21N3O3S/c21-13-6-8-20(11-13)9-7-18-17(22)15-10-19-16(24-15)12-23-14-4-2-1-3-5-14/h1-5,10,13,21H,6-9,11-12H2,(H,18,22)/t13-/m0/s1. The van der Waals surface area contributed by atoms with Gasteiger partial charge in [-0.25, -0.2) is 4.98 Å². The topological polar surface area (TPSA) is 74.7 Å². The van der Waals surface area contributed by atoms with E-state index >= 15 is 0 Å². The van der Waals surface area contributed by atoms with Crippen molar-refractivity contribution in [1.29, 1.82) is 0 Å². The number of aromatic nitrogens is 1. The van der Waals surface area contributed by atoms with E-state index in [9.17, 15) is 9.90 Å². The Balaban J connectivity index is 1.42. The van der Waals surface area contributed by atoms with Crippen LogP contribution in [0.2, 0.25) is 0 Å². The number of carbonyl (C=O) groups is 1. The number of β-amino-alcohol motifs (C(OH)–C–C–N with tert-alkyl or cyclic N) is 1. The third kappa shape index (κ3) is 4.77. The minimum atomic E-state index is -0.227. The maximum atomic E-state index is 12.1. The summed E-state index contributed by atoms with van der Waals surface area (Å²) in [6.45, 7) is 3.26. The monoisotopic (exact) mass is 347 g/mol. The molecule has 1 aliphatic rings. The highest BCUT2D eigenvalue weighted by Crippen LogP contribution is 2.16. The molecule has 1 saturated heterocycles.